The van der Waals surface area contributed by atoms with Crippen molar-refractivity contribution >= 4 is 11.8 Å². The Labute approximate surface area is 101 Å². The number of rotatable bonds is 6. The molecule has 0 aliphatic rings. The van der Waals surface area contributed by atoms with Crippen molar-refractivity contribution in [2.45, 2.75) is 31.6 Å². The molecule has 4 heteroatoms. The van der Waals surface area contributed by atoms with Crippen LogP contribution in [0.2, 0.25) is 0 Å². The number of hydrogen-bond donors (Lipinski definition) is 1. The average Bonchev–Trinajstić information content (AvgIpc) is 2.35. The van der Waals surface area contributed by atoms with Crippen LogP contribution in [0.1, 0.15) is 31.9 Å². The number of pyridine rings is 1. The largest absolute Gasteiger partial charge is 0.495 e. The van der Waals surface area contributed by atoms with Crippen molar-refractivity contribution < 1.29 is 9.84 Å². The number of thioether (sulfide) groups is 1. The number of aliphatic hydroxyl groups is 1. The topological polar surface area (TPSA) is 42.4 Å². The zero-order valence-electron chi connectivity index (χ0n) is 10.0. The van der Waals surface area contributed by atoms with Crippen LogP contribution in [0.25, 0.3) is 0 Å². The first-order chi connectivity index (χ1) is 7.67. The Morgan fingerprint density at radius 1 is 1.50 bits per heavy atom. The van der Waals surface area contributed by atoms with Crippen molar-refractivity contribution in [1.29, 1.82) is 0 Å². The minimum absolute atomic E-state index is 0.471. The summed E-state index contributed by atoms with van der Waals surface area (Å²) in [6.07, 6.45) is 3.97. The van der Waals surface area contributed by atoms with Crippen LogP contribution in [-0.4, -0.2) is 28.2 Å². The molecule has 0 bridgehead atoms. The molecule has 0 aromatic carbocycles. The van der Waals surface area contributed by atoms with Crippen molar-refractivity contribution in [3.05, 3.63) is 24.0 Å². The molecular weight excluding hydrogens is 222 g/mol. The molecule has 0 aliphatic heterocycles. The van der Waals surface area contributed by atoms with Gasteiger partial charge in [0.1, 0.15) is 5.75 Å². The Morgan fingerprint density at radius 2 is 2.25 bits per heavy atom. The normalized spacial score (nSPS) is 14.5. The molecule has 0 amide bonds. The van der Waals surface area contributed by atoms with Crippen molar-refractivity contribution in [2.75, 3.05) is 12.9 Å². The summed E-state index contributed by atoms with van der Waals surface area (Å²) in [6, 6.07) is 1.83. The minimum atomic E-state index is -0.471. The predicted molar refractivity (Wildman–Crippen MR) is 68.0 cm³/mol. The smallest absolute Gasteiger partial charge is 0.137 e. The highest BCUT2D eigenvalue weighted by atomic mass is 32.2. The van der Waals surface area contributed by atoms with E-state index < -0.39 is 6.10 Å². The second-order valence-corrected chi connectivity index (χ2v) is 5.20. The molecule has 0 spiro atoms. The highest BCUT2D eigenvalue weighted by molar-refractivity contribution is 7.99. The standard InChI is InChI=1S/C12H19NO2S/c1-4-9(2)16-8-12(14)10-5-11(15-3)7-13-6-10/h5-7,9,12,14H,4,8H2,1-3H3. The third-order valence-electron chi connectivity index (χ3n) is 2.47. The summed E-state index contributed by atoms with van der Waals surface area (Å²) in [6.45, 7) is 4.32. The molecule has 2 atom stereocenters. The van der Waals surface area contributed by atoms with Gasteiger partial charge in [-0.3, -0.25) is 4.98 Å². The Morgan fingerprint density at radius 3 is 2.88 bits per heavy atom. The fourth-order valence-corrected chi connectivity index (χ4v) is 2.14. The van der Waals surface area contributed by atoms with Crippen LogP contribution >= 0.6 is 11.8 Å². The van der Waals surface area contributed by atoms with Gasteiger partial charge in [0, 0.05) is 22.8 Å². The van der Waals surface area contributed by atoms with E-state index in [9.17, 15) is 5.11 Å². The van der Waals surface area contributed by atoms with E-state index >= 15 is 0 Å². The predicted octanol–water partition coefficient (Wildman–Crippen LogP) is 2.66. The van der Waals surface area contributed by atoms with E-state index in [0.29, 0.717) is 16.8 Å². The number of aliphatic hydroxyl groups excluding tert-OH is 1. The molecule has 1 aromatic heterocycles. The van der Waals surface area contributed by atoms with Gasteiger partial charge in [0.2, 0.25) is 0 Å². The monoisotopic (exact) mass is 241 g/mol. The lowest BCUT2D eigenvalue weighted by Gasteiger charge is -2.14. The Hall–Kier alpha value is -0.740. The summed E-state index contributed by atoms with van der Waals surface area (Å²) in [5.74, 6) is 1.38. The third-order valence-corrected chi connectivity index (χ3v) is 3.88. The molecule has 2 unspecified atom stereocenters. The second kappa shape index (κ2) is 6.76. The van der Waals surface area contributed by atoms with E-state index in [4.69, 9.17) is 4.74 Å². The number of hydrogen-bond acceptors (Lipinski definition) is 4. The lowest BCUT2D eigenvalue weighted by molar-refractivity contribution is 0.203. The first-order valence-corrected chi connectivity index (χ1v) is 6.50. The summed E-state index contributed by atoms with van der Waals surface area (Å²) in [4.78, 5) is 4.03. The van der Waals surface area contributed by atoms with Crippen LogP contribution in [-0.2, 0) is 0 Å². The van der Waals surface area contributed by atoms with Gasteiger partial charge < -0.3 is 9.84 Å². The minimum Gasteiger partial charge on any atom is -0.495 e. The first kappa shape index (κ1) is 13.3. The lowest BCUT2D eigenvalue weighted by Crippen LogP contribution is -2.05. The van der Waals surface area contributed by atoms with E-state index in [-0.39, 0.29) is 0 Å². The molecule has 1 N–H and O–H groups in total. The van der Waals surface area contributed by atoms with Gasteiger partial charge in [-0.25, -0.2) is 0 Å². The second-order valence-electron chi connectivity index (χ2n) is 3.73. The number of nitrogens with zero attached hydrogens (tertiary/aromatic N) is 1. The van der Waals surface area contributed by atoms with Gasteiger partial charge >= 0.3 is 0 Å². The molecule has 1 rings (SSSR count). The summed E-state index contributed by atoms with van der Waals surface area (Å²) >= 11 is 1.77. The van der Waals surface area contributed by atoms with E-state index in [1.54, 1.807) is 31.3 Å². The fourth-order valence-electron chi connectivity index (χ4n) is 1.20. The lowest BCUT2D eigenvalue weighted by atomic mass is 10.2. The van der Waals surface area contributed by atoms with E-state index in [2.05, 4.69) is 18.8 Å². The number of aromatic nitrogens is 1. The SMILES string of the molecule is CCC(C)SCC(O)c1cncc(OC)c1. The molecule has 0 saturated carbocycles. The van der Waals surface area contributed by atoms with Gasteiger partial charge in [-0.15, -0.1) is 0 Å². The Balaban J connectivity index is 2.54. The Bertz CT molecular complexity index is 320. The zero-order chi connectivity index (χ0) is 12.0. The Kier molecular flexibility index (Phi) is 5.63. The molecule has 0 fully saturated rings. The van der Waals surface area contributed by atoms with Gasteiger partial charge in [-0.1, -0.05) is 13.8 Å². The quantitative estimate of drug-likeness (QED) is 0.831. The van der Waals surface area contributed by atoms with Crippen molar-refractivity contribution in [3.8, 4) is 5.75 Å². The van der Waals surface area contributed by atoms with Gasteiger partial charge in [-0.2, -0.15) is 11.8 Å². The summed E-state index contributed by atoms with van der Waals surface area (Å²) < 4.78 is 5.07. The summed E-state index contributed by atoms with van der Waals surface area (Å²) in [7, 11) is 1.60. The van der Waals surface area contributed by atoms with Gasteiger partial charge in [0.05, 0.1) is 19.4 Å². The van der Waals surface area contributed by atoms with E-state index in [1.165, 1.54) is 0 Å². The molecule has 0 radical (unpaired) electrons. The van der Waals surface area contributed by atoms with Crippen LogP contribution in [0, 0.1) is 0 Å². The van der Waals surface area contributed by atoms with Crippen LogP contribution in [0.3, 0.4) is 0 Å². The van der Waals surface area contributed by atoms with Gasteiger partial charge in [0.25, 0.3) is 0 Å². The molecule has 16 heavy (non-hydrogen) atoms. The zero-order valence-corrected chi connectivity index (χ0v) is 10.8. The van der Waals surface area contributed by atoms with Crippen LogP contribution < -0.4 is 4.74 Å². The number of methoxy groups -OCH3 is 1. The molecule has 0 saturated heterocycles. The van der Waals surface area contributed by atoms with Gasteiger partial charge in [-0.05, 0) is 12.5 Å². The molecule has 0 aliphatic carbocycles. The molecule has 3 nitrogen and oxygen atoms in total. The summed E-state index contributed by atoms with van der Waals surface area (Å²) in [5.41, 5.74) is 0.815. The molecule has 1 heterocycles. The maximum absolute atomic E-state index is 9.97. The van der Waals surface area contributed by atoms with Crippen molar-refractivity contribution in [2.24, 2.45) is 0 Å². The average molecular weight is 241 g/mol. The molecule has 1 aromatic rings. The molecule has 90 valence electrons. The summed E-state index contributed by atoms with van der Waals surface area (Å²) in [5, 5.41) is 10.5. The molecular formula is C12H19NO2S. The number of ether oxygens (including phenoxy) is 1. The maximum atomic E-state index is 9.97. The van der Waals surface area contributed by atoms with Gasteiger partial charge in [0.15, 0.2) is 0 Å². The van der Waals surface area contributed by atoms with Crippen LogP contribution in [0.15, 0.2) is 18.5 Å². The van der Waals surface area contributed by atoms with Crippen molar-refractivity contribution in [1.82, 2.24) is 4.98 Å². The maximum Gasteiger partial charge on any atom is 0.137 e. The van der Waals surface area contributed by atoms with E-state index in [0.717, 1.165) is 12.0 Å². The highest BCUT2D eigenvalue weighted by Crippen LogP contribution is 2.24. The fraction of sp³-hybridized carbons (Fsp3) is 0.583. The van der Waals surface area contributed by atoms with Crippen LogP contribution in [0.5, 0.6) is 5.75 Å². The van der Waals surface area contributed by atoms with Crippen LogP contribution in [0.4, 0.5) is 0 Å². The van der Waals surface area contributed by atoms with E-state index in [1.807, 2.05) is 6.07 Å². The third kappa shape index (κ3) is 4.02. The highest BCUT2D eigenvalue weighted by Gasteiger charge is 2.10. The van der Waals surface area contributed by atoms with Crippen molar-refractivity contribution in [3.63, 3.8) is 0 Å². The first-order valence-electron chi connectivity index (χ1n) is 5.46.